The molecule has 0 unspecified atom stereocenters. The topological polar surface area (TPSA) is 39.9 Å². The number of hydrogen-bond acceptors (Lipinski definition) is 3. The lowest BCUT2D eigenvalue weighted by Gasteiger charge is -2.22. The Hall–Kier alpha value is -2.34. The molecular formula is C16H17N3. The number of likely N-dealkylation sites (N-methyl/N-ethyl adjacent to an activating group) is 1. The van der Waals surface area contributed by atoms with Crippen LogP contribution in [0, 0.1) is 18.3 Å². The zero-order valence-corrected chi connectivity index (χ0v) is 11.3. The van der Waals surface area contributed by atoms with Crippen LogP contribution in [0.3, 0.4) is 0 Å². The van der Waals surface area contributed by atoms with Gasteiger partial charge in [-0.1, -0.05) is 12.1 Å². The summed E-state index contributed by atoms with van der Waals surface area (Å²) in [5.74, 6) is 0. The number of aromatic nitrogens is 1. The SMILES string of the molecule is Cc1cccc(C#N)c1N(C)CCc1ccncc1. The minimum absolute atomic E-state index is 0.734. The zero-order valence-electron chi connectivity index (χ0n) is 11.3. The van der Waals surface area contributed by atoms with E-state index in [-0.39, 0.29) is 0 Å². The van der Waals surface area contributed by atoms with Crippen molar-refractivity contribution in [3.63, 3.8) is 0 Å². The summed E-state index contributed by atoms with van der Waals surface area (Å²) >= 11 is 0. The summed E-state index contributed by atoms with van der Waals surface area (Å²) in [5, 5.41) is 9.19. The molecule has 0 radical (unpaired) electrons. The van der Waals surface area contributed by atoms with Crippen molar-refractivity contribution in [3.05, 3.63) is 59.4 Å². The van der Waals surface area contributed by atoms with E-state index in [9.17, 15) is 5.26 Å². The Bertz CT molecular complexity index is 585. The highest BCUT2D eigenvalue weighted by atomic mass is 15.1. The van der Waals surface area contributed by atoms with Crippen LogP contribution in [0.2, 0.25) is 0 Å². The van der Waals surface area contributed by atoms with E-state index < -0.39 is 0 Å². The van der Waals surface area contributed by atoms with Crippen molar-refractivity contribution in [1.29, 1.82) is 5.26 Å². The van der Waals surface area contributed by atoms with Crippen LogP contribution in [-0.4, -0.2) is 18.6 Å². The number of benzene rings is 1. The monoisotopic (exact) mass is 251 g/mol. The number of para-hydroxylation sites is 1. The van der Waals surface area contributed by atoms with Gasteiger partial charge in [0, 0.05) is 26.0 Å². The summed E-state index contributed by atoms with van der Waals surface area (Å²) in [5.41, 5.74) is 4.15. The second-order valence-corrected chi connectivity index (χ2v) is 4.61. The van der Waals surface area contributed by atoms with Crippen molar-refractivity contribution in [2.24, 2.45) is 0 Å². The van der Waals surface area contributed by atoms with Gasteiger partial charge in [0.15, 0.2) is 0 Å². The molecule has 1 heterocycles. The van der Waals surface area contributed by atoms with Crippen molar-refractivity contribution >= 4 is 5.69 Å². The van der Waals surface area contributed by atoms with E-state index >= 15 is 0 Å². The smallest absolute Gasteiger partial charge is 0.101 e. The highest BCUT2D eigenvalue weighted by molar-refractivity contribution is 5.63. The summed E-state index contributed by atoms with van der Waals surface area (Å²) in [6, 6.07) is 12.1. The molecular weight excluding hydrogens is 234 g/mol. The first-order valence-corrected chi connectivity index (χ1v) is 6.32. The Morgan fingerprint density at radius 2 is 1.95 bits per heavy atom. The molecule has 19 heavy (non-hydrogen) atoms. The standard InChI is InChI=1S/C16H17N3/c1-13-4-3-5-15(12-17)16(13)19(2)11-8-14-6-9-18-10-7-14/h3-7,9-10H,8,11H2,1-2H3. The Balaban J connectivity index is 2.13. The predicted octanol–water partition coefficient (Wildman–Crippen LogP) is 2.94. The van der Waals surface area contributed by atoms with Crippen LogP contribution in [0.25, 0.3) is 0 Å². The van der Waals surface area contributed by atoms with Gasteiger partial charge >= 0.3 is 0 Å². The fourth-order valence-corrected chi connectivity index (χ4v) is 2.21. The fraction of sp³-hybridized carbons (Fsp3) is 0.250. The lowest BCUT2D eigenvalue weighted by Crippen LogP contribution is -2.22. The molecule has 3 nitrogen and oxygen atoms in total. The molecule has 0 aliphatic carbocycles. The van der Waals surface area contributed by atoms with Crippen molar-refractivity contribution in [1.82, 2.24) is 4.98 Å². The second kappa shape index (κ2) is 6.01. The van der Waals surface area contributed by atoms with Gasteiger partial charge in [-0.15, -0.1) is 0 Å². The number of hydrogen-bond donors (Lipinski definition) is 0. The molecule has 0 fully saturated rings. The molecule has 0 aliphatic rings. The molecule has 2 aromatic rings. The lowest BCUT2D eigenvalue weighted by molar-refractivity contribution is 0.869. The van der Waals surface area contributed by atoms with Crippen LogP contribution >= 0.6 is 0 Å². The van der Waals surface area contributed by atoms with Crippen LogP contribution < -0.4 is 4.90 Å². The number of aryl methyl sites for hydroxylation is 1. The van der Waals surface area contributed by atoms with Crippen molar-refractivity contribution in [2.75, 3.05) is 18.5 Å². The Kier molecular flexibility index (Phi) is 4.15. The van der Waals surface area contributed by atoms with Crippen LogP contribution in [0.15, 0.2) is 42.7 Å². The number of rotatable bonds is 4. The summed E-state index contributed by atoms with van der Waals surface area (Å²) in [6.45, 7) is 2.92. The van der Waals surface area contributed by atoms with Gasteiger partial charge in [-0.2, -0.15) is 5.26 Å². The fourth-order valence-electron chi connectivity index (χ4n) is 2.21. The van der Waals surface area contributed by atoms with Gasteiger partial charge in [-0.3, -0.25) is 4.98 Å². The van der Waals surface area contributed by atoms with Gasteiger partial charge in [0.25, 0.3) is 0 Å². The molecule has 2 rings (SSSR count). The van der Waals surface area contributed by atoms with Crippen LogP contribution in [-0.2, 0) is 6.42 Å². The van der Waals surface area contributed by atoms with E-state index in [2.05, 4.69) is 16.0 Å². The highest BCUT2D eigenvalue weighted by Crippen LogP contribution is 2.23. The third-order valence-electron chi connectivity index (χ3n) is 3.23. The largest absolute Gasteiger partial charge is 0.373 e. The number of nitrogens with zero attached hydrogens (tertiary/aromatic N) is 3. The molecule has 1 aromatic carbocycles. The molecule has 0 aliphatic heterocycles. The van der Waals surface area contributed by atoms with Crippen molar-refractivity contribution in [3.8, 4) is 6.07 Å². The zero-order chi connectivity index (χ0) is 13.7. The average molecular weight is 251 g/mol. The van der Waals surface area contributed by atoms with Crippen LogP contribution in [0.4, 0.5) is 5.69 Å². The van der Waals surface area contributed by atoms with E-state index in [1.165, 1.54) is 5.56 Å². The first-order chi connectivity index (χ1) is 9.22. The molecule has 3 heteroatoms. The third-order valence-corrected chi connectivity index (χ3v) is 3.23. The highest BCUT2D eigenvalue weighted by Gasteiger charge is 2.09. The quantitative estimate of drug-likeness (QED) is 0.838. The van der Waals surface area contributed by atoms with E-state index in [0.717, 1.165) is 29.8 Å². The van der Waals surface area contributed by atoms with E-state index in [0.29, 0.717) is 0 Å². The molecule has 96 valence electrons. The summed E-state index contributed by atoms with van der Waals surface area (Å²) in [7, 11) is 2.03. The normalized spacial score (nSPS) is 9.95. The molecule has 0 N–H and O–H groups in total. The molecule has 0 amide bonds. The van der Waals surface area contributed by atoms with Crippen LogP contribution in [0.5, 0.6) is 0 Å². The van der Waals surface area contributed by atoms with E-state index in [1.807, 2.05) is 56.7 Å². The maximum absolute atomic E-state index is 9.19. The Morgan fingerprint density at radius 1 is 1.21 bits per heavy atom. The van der Waals surface area contributed by atoms with Gasteiger partial charge in [-0.05, 0) is 42.7 Å². The van der Waals surface area contributed by atoms with Gasteiger partial charge < -0.3 is 4.90 Å². The maximum Gasteiger partial charge on any atom is 0.101 e. The minimum atomic E-state index is 0.734. The van der Waals surface area contributed by atoms with Gasteiger partial charge in [0.05, 0.1) is 11.3 Å². The maximum atomic E-state index is 9.19. The summed E-state index contributed by atoms with van der Waals surface area (Å²) in [4.78, 5) is 6.16. The van der Waals surface area contributed by atoms with E-state index in [1.54, 1.807) is 0 Å². The van der Waals surface area contributed by atoms with Gasteiger partial charge in [-0.25, -0.2) is 0 Å². The van der Waals surface area contributed by atoms with Gasteiger partial charge in [0.1, 0.15) is 6.07 Å². The molecule has 1 aromatic heterocycles. The first kappa shape index (κ1) is 13.1. The molecule has 0 bridgehead atoms. The molecule has 0 saturated heterocycles. The first-order valence-electron chi connectivity index (χ1n) is 6.32. The Morgan fingerprint density at radius 3 is 2.63 bits per heavy atom. The molecule has 0 saturated carbocycles. The number of nitriles is 1. The van der Waals surface area contributed by atoms with E-state index in [4.69, 9.17) is 0 Å². The molecule has 0 spiro atoms. The van der Waals surface area contributed by atoms with Crippen molar-refractivity contribution in [2.45, 2.75) is 13.3 Å². The lowest BCUT2D eigenvalue weighted by atomic mass is 10.1. The van der Waals surface area contributed by atoms with Crippen molar-refractivity contribution < 1.29 is 0 Å². The van der Waals surface area contributed by atoms with Crippen LogP contribution in [0.1, 0.15) is 16.7 Å². The number of pyridine rings is 1. The summed E-state index contributed by atoms with van der Waals surface area (Å²) < 4.78 is 0. The summed E-state index contributed by atoms with van der Waals surface area (Å²) in [6.07, 6.45) is 4.56. The average Bonchev–Trinajstić information content (AvgIpc) is 2.45. The minimum Gasteiger partial charge on any atom is -0.373 e. The second-order valence-electron chi connectivity index (χ2n) is 4.61. The van der Waals surface area contributed by atoms with Gasteiger partial charge in [0.2, 0.25) is 0 Å². The Labute approximate surface area is 114 Å². The molecule has 0 atom stereocenters. The predicted molar refractivity (Wildman–Crippen MR) is 77.1 cm³/mol. The number of anilines is 1. The third kappa shape index (κ3) is 3.11.